The molecule has 0 aliphatic carbocycles. The maximum Gasteiger partial charge on any atom is 0.230 e. The van der Waals surface area contributed by atoms with Gasteiger partial charge >= 0.3 is 0 Å². The zero-order valence-electron chi connectivity index (χ0n) is 15.1. The number of ether oxygens (including phenoxy) is 1. The second-order valence-corrected chi connectivity index (χ2v) is 7.60. The van der Waals surface area contributed by atoms with Crippen molar-refractivity contribution >= 4 is 33.5 Å². The van der Waals surface area contributed by atoms with Gasteiger partial charge in [0.15, 0.2) is 0 Å². The minimum absolute atomic E-state index is 0.252. The van der Waals surface area contributed by atoms with Gasteiger partial charge in [0.2, 0.25) is 16.4 Å². The van der Waals surface area contributed by atoms with Gasteiger partial charge in [-0.2, -0.15) is 10.2 Å². The molecule has 0 saturated heterocycles. The van der Waals surface area contributed by atoms with E-state index in [9.17, 15) is 13.2 Å². The number of nitrogens with one attached hydrogen (secondary N) is 2. The molecule has 0 fully saturated rings. The number of hydrogen-bond acceptors (Lipinski definition) is 6. The van der Waals surface area contributed by atoms with Crippen LogP contribution in [0.25, 0.3) is 16.6 Å². The summed E-state index contributed by atoms with van der Waals surface area (Å²) in [7, 11) is -3.47. The van der Waals surface area contributed by atoms with E-state index in [4.69, 9.17) is 4.74 Å². The highest BCUT2D eigenvalue weighted by Crippen LogP contribution is 2.33. The molecule has 27 heavy (non-hydrogen) atoms. The molecule has 144 valence electrons. The Morgan fingerprint density at radius 2 is 2.07 bits per heavy atom. The summed E-state index contributed by atoms with van der Waals surface area (Å²) in [6, 6.07) is 3.32. The summed E-state index contributed by atoms with van der Waals surface area (Å²) in [5.41, 5.74) is 2.47. The first-order valence-corrected chi connectivity index (χ1v) is 10.1. The molecule has 0 radical (unpaired) electrons. The Hall–Kier alpha value is -2.92. The number of rotatable bonds is 8. The van der Waals surface area contributed by atoms with E-state index in [1.807, 2.05) is 13.8 Å². The average Bonchev–Trinajstić information content (AvgIpc) is 3.22. The Morgan fingerprint density at radius 1 is 1.30 bits per heavy atom. The lowest BCUT2D eigenvalue weighted by Crippen LogP contribution is -2.12. The summed E-state index contributed by atoms with van der Waals surface area (Å²) < 4.78 is 34.2. The van der Waals surface area contributed by atoms with Crippen LogP contribution in [0.4, 0.5) is 11.5 Å². The highest BCUT2D eigenvalue weighted by Gasteiger charge is 2.17. The molecule has 1 atom stereocenters. The summed E-state index contributed by atoms with van der Waals surface area (Å²) in [6.07, 6.45) is 6.27. The Balaban J connectivity index is 2.14. The van der Waals surface area contributed by atoms with Crippen molar-refractivity contribution in [2.75, 3.05) is 22.9 Å². The minimum atomic E-state index is -3.47. The topological polar surface area (TPSA) is 120 Å². The molecule has 0 aromatic carbocycles. The fourth-order valence-electron chi connectivity index (χ4n) is 2.79. The Kier molecular flexibility index (Phi) is 5.15. The van der Waals surface area contributed by atoms with E-state index < -0.39 is 10.0 Å². The number of carbonyl (C=O) groups excluding carboxylic acids is 1. The Morgan fingerprint density at radius 3 is 2.74 bits per heavy atom. The van der Waals surface area contributed by atoms with Crippen LogP contribution in [0.1, 0.15) is 20.1 Å². The molecule has 11 heteroatoms. The van der Waals surface area contributed by atoms with E-state index in [1.54, 1.807) is 29.2 Å². The van der Waals surface area contributed by atoms with E-state index >= 15 is 0 Å². The number of sulfonamides is 1. The highest BCUT2D eigenvalue weighted by atomic mass is 32.2. The van der Waals surface area contributed by atoms with Gasteiger partial charge in [0.05, 0.1) is 29.9 Å². The number of anilines is 2. The summed E-state index contributed by atoms with van der Waals surface area (Å²) in [4.78, 5) is 11.0. The monoisotopic (exact) mass is 392 g/mol. The van der Waals surface area contributed by atoms with E-state index in [0.717, 1.165) is 11.8 Å². The molecule has 10 nitrogen and oxygen atoms in total. The lowest BCUT2D eigenvalue weighted by atomic mass is 10.1. The van der Waals surface area contributed by atoms with E-state index in [-0.39, 0.29) is 6.23 Å². The predicted molar refractivity (Wildman–Crippen MR) is 101 cm³/mol. The third-order valence-electron chi connectivity index (χ3n) is 3.86. The minimum Gasteiger partial charge on any atom is -0.357 e. The first kappa shape index (κ1) is 18.9. The first-order chi connectivity index (χ1) is 12.8. The highest BCUT2D eigenvalue weighted by molar-refractivity contribution is 7.92. The molecule has 0 aliphatic rings. The standard InChI is InChI=1S/C16H20N6O4S/c1-4-26-11(2)21-9-12(7-18-21)16-13(17-10-23)8-19-22-14(16)5-6-15(22)20-27(3,24)25/h5-11,20H,4H2,1-3H3,(H,17,23). The van der Waals surface area contributed by atoms with Gasteiger partial charge in [0, 0.05) is 23.9 Å². The van der Waals surface area contributed by atoms with Crippen LogP contribution in [-0.2, 0) is 19.6 Å². The third-order valence-corrected chi connectivity index (χ3v) is 4.44. The molecule has 0 spiro atoms. The van der Waals surface area contributed by atoms with Crippen LogP contribution in [0.3, 0.4) is 0 Å². The molecule has 3 rings (SSSR count). The molecule has 1 unspecified atom stereocenters. The van der Waals surface area contributed by atoms with Crippen LogP contribution in [0.15, 0.2) is 30.7 Å². The number of nitrogens with zero attached hydrogens (tertiary/aromatic N) is 4. The zero-order valence-corrected chi connectivity index (χ0v) is 15.9. The largest absolute Gasteiger partial charge is 0.357 e. The van der Waals surface area contributed by atoms with Crippen LogP contribution in [0.2, 0.25) is 0 Å². The van der Waals surface area contributed by atoms with Crippen molar-refractivity contribution in [2.24, 2.45) is 0 Å². The van der Waals surface area contributed by atoms with Gasteiger partial charge in [-0.05, 0) is 26.0 Å². The molecular formula is C16H20N6O4S. The van der Waals surface area contributed by atoms with Gasteiger partial charge in [-0.15, -0.1) is 0 Å². The average molecular weight is 392 g/mol. The summed E-state index contributed by atoms with van der Waals surface area (Å²) in [6.45, 7) is 4.32. The van der Waals surface area contributed by atoms with Gasteiger partial charge in [-0.25, -0.2) is 17.6 Å². The van der Waals surface area contributed by atoms with Crippen molar-refractivity contribution in [1.29, 1.82) is 0 Å². The molecule has 3 heterocycles. The molecule has 0 bridgehead atoms. The lowest BCUT2D eigenvalue weighted by Gasteiger charge is -2.12. The van der Waals surface area contributed by atoms with Crippen LogP contribution in [-0.4, -0.2) is 47.1 Å². The molecule has 1 amide bonds. The number of carbonyl (C=O) groups is 1. The second-order valence-electron chi connectivity index (χ2n) is 5.85. The predicted octanol–water partition coefficient (Wildman–Crippen LogP) is 1.69. The van der Waals surface area contributed by atoms with Gasteiger partial charge in [-0.3, -0.25) is 9.52 Å². The number of aromatic nitrogens is 4. The number of hydrogen-bond donors (Lipinski definition) is 2. The van der Waals surface area contributed by atoms with E-state index in [1.165, 1.54) is 10.7 Å². The van der Waals surface area contributed by atoms with Crippen molar-refractivity contribution in [2.45, 2.75) is 20.1 Å². The smallest absolute Gasteiger partial charge is 0.230 e. The molecular weight excluding hydrogens is 372 g/mol. The molecule has 3 aromatic heterocycles. The third kappa shape index (κ3) is 3.93. The van der Waals surface area contributed by atoms with E-state index in [0.29, 0.717) is 35.6 Å². The maximum atomic E-state index is 11.6. The van der Waals surface area contributed by atoms with Crippen molar-refractivity contribution in [3.05, 3.63) is 30.7 Å². The zero-order chi connectivity index (χ0) is 19.6. The quantitative estimate of drug-likeness (QED) is 0.563. The maximum absolute atomic E-state index is 11.6. The first-order valence-electron chi connectivity index (χ1n) is 8.19. The summed E-state index contributed by atoms with van der Waals surface area (Å²) in [5, 5.41) is 11.2. The van der Waals surface area contributed by atoms with Gasteiger partial charge < -0.3 is 10.1 Å². The van der Waals surface area contributed by atoms with Crippen LogP contribution >= 0.6 is 0 Å². The number of amides is 1. The number of fused-ring (bicyclic) bond motifs is 1. The van der Waals surface area contributed by atoms with Crippen molar-refractivity contribution in [3.8, 4) is 11.1 Å². The van der Waals surface area contributed by atoms with Crippen LogP contribution in [0, 0.1) is 0 Å². The summed E-state index contributed by atoms with van der Waals surface area (Å²) in [5.74, 6) is 0.293. The van der Waals surface area contributed by atoms with Crippen molar-refractivity contribution in [3.63, 3.8) is 0 Å². The molecule has 0 saturated carbocycles. The van der Waals surface area contributed by atoms with Gasteiger partial charge in [-0.1, -0.05) is 0 Å². The molecule has 2 N–H and O–H groups in total. The van der Waals surface area contributed by atoms with Crippen LogP contribution in [0.5, 0.6) is 0 Å². The van der Waals surface area contributed by atoms with Gasteiger partial charge in [0.25, 0.3) is 0 Å². The normalized spacial score (nSPS) is 12.9. The Bertz CT molecular complexity index is 1070. The van der Waals surface area contributed by atoms with Crippen LogP contribution < -0.4 is 10.0 Å². The van der Waals surface area contributed by atoms with Crippen molar-refractivity contribution < 1.29 is 17.9 Å². The SMILES string of the molecule is CCOC(C)n1cc(-c2c(NC=O)cnn3c(NS(C)(=O)=O)ccc23)cn1. The summed E-state index contributed by atoms with van der Waals surface area (Å²) >= 11 is 0. The lowest BCUT2D eigenvalue weighted by molar-refractivity contribution is -0.105. The molecule has 0 aliphatic heterocycles. The van der Waals surface area contributed by atoms with Gasteiger partial charge in [0.1, 0.15) is 12.0 Å². The molecule has 3 aromatic rings. The fourth-order valence-corrected chi connectivity index (χ4v) is 3.32. The van der Waals surface area contributed by atoms with Crippen molar-refractivity contribution in [1.82, 2.24) is 19.4 Å². The second kappa shape index (κ2) is 7.37. The Labute approximate surface area is 156 Å². The fraction of sp³-hybridized carbons (Fsp3) is 0.312. The van der Waals surface area contributed by atoms with E-state index in [2.05, 4.69) is 20.2 Å².